The average molecular weight is 419 g/mol. The number of methoxy groups -OCH3 is 1. The minimum Gasteiger partial charge on any atom is -0.496 e. The topological polar surface area (TPSA) is 21.3 Å². The van der Waals surface area contributed by atoms with Crippen LogP contribution < -0.4 is 10.1 Å². The average Bonchev–Trinajstić information content (AvgIpc) is 2.84. The quantitative estimate of drug-likeness (QED) is 0.698. The fourth-order valence-electron chi connectivity index (χ4n) is 2.11. The van der Waals surface area contributed by atoms with Gasteiger partial charge in [-0.1, -0.05) is 13.0 Å². The summed E-state index contributed by atoms with van der Waals surface area (Å²) in [6.45, 7) is 3.08. The lowest BCUT2D eigenvalue weighted by Crippen LogP contribution is -2.22. The molecule has 1 aromatic carbocycles. The fraction of sp³-hybridized carbons (Fsp3) is 0.333. The summed E-state index contributed by atoms with van der Waals surface area (Å²) in [6, 6.07) is 8.67. The first-order valence-corrected chi connectivity index (χ1v) is 8.91. The van der Waals surface area contributed by atoms with Crippen molar-refractivity contribution in [2.24, 2.45) is 0 Å². The van der Waals surface area contributed by atoms with Crippen molar-refractivity contribution in [1.29, 1.82) is 0 Å². The predicted octanol–water partition coefficient (Wildman–Crippen LogP) is 5.18. The lowest BCUT2D eigenvalue weighted by molar-refractivity contribution is 0.411. The Kier molecular flexibility index (Phi) is 6.08. The van der Waals surface area contributed by atoms with Crippen LogP contribution in [0.3, 0.4) is 0 Å². The smallest absolute Gasteiger partial charge is 0.133 e. The van der Waals surface area contributed by atoms with Crippen LogP contribution in [-0.4, -0.2) is 13.7 Å². The summed E-state index contributed by atoms with van der Waals surface area (Å²) in [6.07, 6.45) is 0.977. The third-order valence-electron chi connectivity index (χ3n) is 3.11. The van der Waals surface area contributed by atoms with Gasteiger partial charge in [-0.25, -0.2) is 0 Å². The molecule has 1 N–H and O–H groups in total. The van der Waals surface area contributed by atoms with Crippen molar-refractivity contribution < 1.29 is 4.74 Å². The van der Waals surface area contributed by atoms with E-state index in [-0.39, 0.29) is 0 Å². The largest absolute Gasteiger partial charge is 0.496 e. The van der Waals surface area contributed by atoms with Crippen LogP contribution in [0.2, 0.25) is 0 Å². The molecule has 0 saturated carbocycles. The van der Waals surface area contributed by atoms with E-state index in [1.54, 1.807) is 18.4 Å². The molecule has 2 nitrogen and oxygen atoms in total. The number of nitrogens with one attached hydrogen (secondary N) is 1. The van der Waals surface area contributed by atoms with Crippen LogP contribution in [0, 0.1) is 0 Å². The highest BCUT2D eigenvalue weighted by Gasteiger charge is 2.15. The maximum absolute atomic E-state index is 5.29. The second-order valence-electron chi connectivity index (χ2n) is 4.40. The number of ether oxygens (including phenoxy) is 1. The van der Waals surface area contributed by atoms with Gasteiger partial charge in [-0.15, -0.1) is 11.3 Å². The van der Waals surface area contributed by atoms with Crippen molar-refractivity contribution in [2.75, 3.05) is 13.7 Å². The van der Waals surface area contributed by atoms with Crippen molar-refractivity contribution >= 4 is 43.2 Å². The molecule has 0 saturated heterocycles. The van der Waals surface area contributed by atoms with Crippen molar-refractivity contribution in [1.82, 2.24) is 5.32 Å². The van der Waals surface area contributed by atoms with Crippen LogP contribution in [0.4, 0.5) is 0 Å². The third kappa shape index (κ3) is 3.85. The van der Waals surface area contributed by atoms with E-state index in [4.69, 9.17) is 4.74 Å². The molecular formula is C15H17Br2NOS. The first kappa shape index (κ1) is 16.0. The standard InChI is InChI=1S/C15H17Br2NOS/c1-3-18-13(9-15-11(16)6-7-20-15)10-4-5-14(19-2)12(17)8-10/h4-8,13,18H,3,9H2,1-2H3. The van der Waals surface area contributed by atoms with Crippen LogP contribution in [0.15, 0.2) is 38.6 Å². The van der Waals surface area contributed by atoms with E-state index in [0.29, 0.717) is 6.04 Å². The van der Waals surface area contributed by atoms with Gasteiger partial charge in [0.25, 0.3) is 0 Å². The van der Waals surface area contributed by atoms with Crippen LogP contribution in [0.5, 0.6) is 5.75 Å². The molecule has 1 atom stereocenters. The molecule has 0 fully saturated rings. The van der Waals surface area contributed by atoms with Gasteiger partial charge in [0.1, 0.15) is 5.75 Å². The predicted molar refractivity (Wildman–Crippen MR) is 92.8 cm³/mol. The first-order valence-electron chi connectivity index (χ1n) is 6.44. The van der Waals surface area contributed by atoms with E-state index < -0.39 is 0 Å². The number of benzene rings is 1. The van der Waals surface area contributed by atoms with Crippen molar-refractivity contribution in [3.05, 3.63) is 49.0 Å². The van der Waals surface area contributed by atoms with E-state index in [9.17, 15) is 0 Å². The summed E-state index contributed by atoms with van der Waals surface area (Å²) in [5.74, 6) is 0.862. The van der Waals surface area contributed by atoms with Crippen LogP contribution >= 0.6 is 43.2 Å². The minimum atomic E-state index is 0.303. The fourth-order valence-corrected chi connectivity index (χ4v) is 4.23. The Hall–Kier alpha value is -0.360. The van der Waals surface area contributed by atoms with Crippen molar-refractivity contribution in [2.45, 2.75) is 19.4 Å². The molecule has 0 aliphatic carbocycles. The maximum Gasteiger partial charge on any atom is 0.133 e. The Balaban J connectivity index is 2.24. The Bertz CT molecular complexity index is 571. The third-order valence-corrected chi connectivity index (χ3v) is 5.68. The molecule has 0 bridgehead atoms. The van der Waals surface area contributed by atoms with Gasteiger partial charge in [0.2, 0.25) is 0 Å². The number of hydrogen-bond donors (Lipinski definition) is 1. The minimum absolute atomic E-state index is 0.303. The van der Waals surface area contributed by atoms with E-state index in [0.717, 1.165) is 23.2 Å². The molecule has 0 radical (unpaired) electrons. The van der Waals surface area contributed by atoms with Gasteiger partial charge in [0.15, 0.2) is 0 Å². The summed E-state index contributed by atoms with van der Waals surface area (Å²) in [5, 5.41) is 5.67. The number of halogens is 2. The highest BCUT2D eigenvalue weighted by molar-refractivity contribution is 9.10. The number of hydrogen-bond acceptors (Lipinski definition) is 3. The molecule has 108 valence electrons. The van der Waals surface area contributed by atoms with Gasteiger partial charge in [0.05, 0.1) is 11.6 Å². The van der Waals surface area contributed by atoms with E-state index >= 15 is 0 Å². The van der Waals surface area contributed by atoms with Crippen LogP contribution in [-0.2, 0) is 6.42 Å². The van der Waals surface area contributed by atoms with E-state index in [1.807, 2.05) is 6.07 Å². The Morgan fingerprint density at radius 1 is 1.25 bits per heavy atom. The monoisotopic (exact) mass is 417 g/mol. The lowest BCUT2D eigenvalue weighted by Gasteiger charge is -2.19. The molecule has 1 aromatic heterocycles. The zero-order valence-corrected chi connectivity index (χ0v) is 15.4. The molecule has 5 heteroatoms. The number of thiophene rings is 1. The van der Waals surface area contributed by atoms with E-state index in [1.165, 1.54) is 14.9 Å². The van der Waals surface area contributed by atoms with Crippen LogP contribution in [0.25, 0.3) is 0 Å². The van der Waals surface area contributed by atoms with Gasteiger partial charge in [-0.05, 0) is 67.5 Å². The summed E-state index contributed by atoms with van der Waals surface area (Å²) in [5.41, 5.74) is 1.26. The Morgan fingerprint density at radius 2 is 2.05 bits per heavy atom. The van der Waals surface area contributed by atoms with Gasteiger partial charge in [-0.3, -0.25) is 0 Å². The second kappa shape index (κ2) is 7.59. The molecule has 0 spiro atoms. The van der Waals surface area contributed by atoms with Gasteiger partial charge < -0.3 is 10.1 Å². The first-order chi connectivity index (χ1) is 9.65. The van der Waals surface area contributed by atoms with E-state index in [2.05, 4.69) is 67.7 Å². The molecule has 20 heavy (non-hydrogen) atoms. The molecule has 0 aliphatic heterocycles. The molecular weight excluding hydrogens is 402 g/mol. The SMILES string of the molecule is CCNC(Cc1sccc1Br)c1ccc(OC)c(Br)c1. The summed E-state index contributed by atoms with van der Waals surface area (Å²) >= 11 is 8.96. The normalized spacial score (nSPS) is 12.4. The molecule has 2 rings (SSSR count). The molecule has 0 amide bonds. The maximum atomic E-state index is 5.29. The zero-order chi connectivity index (χ0) is 14.5. The summed E-state index contributed by atoms with van der Waals surface area (Å²) in [7, 11) is 1.68. The molecule has 2 aromatic rings. The highest BCUT2D eigenvalue weighted by atomic mass is 79.9. The second-order valence-corrected chi connectivity index (χ2v) is 7.11. The van der Waals surface area contributed by atoms with Gasteiger partial charge in [-0.2, -0.15) is 0 Å². The van der Waals surface area contributed by atoms with Crippen LogP contribution in [0.1, 0.15) is 23.4 Å². The number of likely N-dealkylation sites (N-methyl/N-ethyl adjacent to an activating group) is 1. The zero-order valence-electron chi connectivity index (χ0n) is 11.5. The van der Waals surface area contributed by atoms with Crippen molar-refractivity contribution in [3.63, 3.8) is 0 Å². The highest BCUT2D eigenvalue weighted by Crippen LogP contribution is 2.32. The van der Waals surface area contributed by atoms with Crippen molar-refractivity contribution in [3.8, 4) is 5.75 Å². The summed E-state index contributed by atoms with van der Waals surface area (Å²) < 4.78 is 7.48. The Labute approximate surface area is 140 Å². The van der Waals surface area contributed by atoms with Gasteiger partial charge >= 0.3 is 0 Å². The molecule has 1 unspecified atom stereocenters. The lowest BCUT2D eigenvalue weighted by atomic mass is 10.0. The van der Waals surface area contributed by atoms with Gasteiger partial charge in [0, 0.05) is 21.8 Å². The number of rotatable bonds is 6. The summed E-state index contributed by atoms with van der Waals surface area (Å²) in [4.78, 5) is 1.36. The molecule has 1 heterocycles. The molecule has 0 aliphatic rings. The Morgan fingerprint density at radius 3 is 2.60 bits per heavy atom.